The van der Waals surface area contributed by atoms with Crippen LogP contribution in [-0.4, -0.2) is 44.6 Å². The molecule has 7 heteroatoms. The molecule has 0 saturated heterocycles. The molecule has 2 N–H and O–H groups in total. The molecule has 0 aliphatic heterocycles. The minimum Gasteiger partial charge on any atom is -0.507 e. The van der Waals surface area contributed by atoms with Crippen LogP contribution in [0.1, 0.15) is 10.4 Å². The molecule has 19 heavy (non-hydrogen) atoms. The van der Waals surface area contributed by atoms with Crippen LogP contribution in [0.25, 0.3) is 0 Å². The number of carbonyl (C=O) groups is 1. The lowest BCUT2D eigenvalue weighted by Gasteiger charge is -2.07. The molecule has 0 radical (unpaired) electrons. The highest BCUT2D eigenvalue weighted by molar-refractivity contribution is 7.92. The molecule has 0 atom stereocenters. The molecule has 104 valence electrons. The molecule has 0 bridgehead atoms. The summed E-state index contributed by atoms with van der Waals surface area (Å²) in [6, 6.07) is 3.97. The number of nitrogens with one attached hydrogen (secondary N) is 1. The molecular weight excluding hydrogens is 268 g/mol. The number of carbonyl (C=O) groups excluding carboxylic acids is 1. The van der Waals surface area contributed by atoms with Crippen molar-refractivity contribution in [3.05, 3.63) is 36.0 Å². The van der Waals surface area contributed by atoms with Gasteiger partial charge in [-0.1, -0.05) is 0 Å². The quantitative estimate of drug-likeness (QED) is 0.623. The zero-order valence-electron chi connectivity index (χ0n) is 10.9. The molecule has 0 amide bonds. The first-order valence-electron chi connectivity index (χ1n) is 5.39. The van der Waals surface area contributed by atoms with Crippen LogP contribution in [0.4, 0.5) is 5.69 Å². The number of hydrogen-bond acceptors (Lipinski definition) is 5. The second kappa shape index (κ2) is 5.75. The van der Waals surface area contributed by atoms with Crippen molar-refractivity contribution >= 4 is 21.5 Å². The normalized spacial score (nSPS) is 11.5. The van der Waals surface area contributed by atoms with E-state index in [4.69, 9.17) is 0 Å². The van der Waals surface area contributed by atoms with Crippen LogP contribution < -0.4 is 4.72 Å². The van der Waals surface area contributed by atoms with E-state index in [0.29, 0.717) is 0 Å². The maximum atomic E-state index is 11.8. The predicted octanol–water partition coefficient (Wildman–Crippen LogP) is 1.02. The Bertz CT molecular complexity index is 606. The fraction of sp³-hybridized carbons (Fsp3) is 0.250. The number of nitrogens with zero attached hydrogens (tertiary/aromatic N) is 1. The monoisotopic (exact) mass is 284 g/mol. The molecule has 0 saturated carbocycles. The number of benzene rings is 1. The summed E-state index contributed by atoms with van der Waals surface area (Å²) >= 11 is 0. The van der Waals surface area contributed by atoms with Crippen LogP contribution in [0.2, 0.25) is 0 Å². The number of hydrogen-bond donors (Lipinski definition) is 2. The van der Waals surface area contributed by atoms with Gasteiger partial charge in [-0.3, -0.25) is 9.52 Å². The zero-order chi connectivity index (χ0) is 14.6. The molecule has 0 fully saturated rings. The van der Waals surface area contributed by atoms with Gasteiger partial charge in [0, 0.05) is 32.4 Å². The van der Waals surface area contributed by atoms with E-state index in [9.17, 15) is 18.3 Å². The number of anilines is 1. The SMILES string of the molecule is CN(C)/C=C/C(=O)c1ccc(NS(C)(=O)=O)cc1O. The minimum atomic E-state index is -3.42. The molecule has 0 aliphatic carbocycles. The number of ketones is 1. The maximum absolute atomic E-state index is 11.8. The van der Waals surface area contributed by atoms with Gasteiger partial charge in [-0.05, 0) is 12.1 Å². The standard InChI is InChI=1S/C12H16N2O4S/c1-14(2)7-6-11(15)10-5-4-9(8-12(10)16)13-19(3,17)18/h4-8,13,16H,1-3H3/b7-6+. The van der Waals surface area contributed by atoms with Gasteiger partial charge in [0.1, 0.15) is 5.75 Å². The molecule has 0 heterocycles. The molecule has 0 spiro atoms. The lowest BCUT2D eigenvalue weighted by atomic mass is 10.1. The number of sulfonamides is 1. The third kappa shape index (κ3) is 5.01. The van der Waals surface area contributed by atoms with Crippen molar-refractivity contribution in [1.29, 1.82) is 0 Å². The van der Waals surface area contributed by atoms with Gasteiger partial charge in [0.25, 0.3) is 0 Å². The van der Waals surface area contributed by atoms with Gasteiger partial charge in [0.2, 0.25) is 10.0 Å². The highest BCUT2D eigenvalue weighted by Crippen LogP contribution is 2.23. The second-order valence-corrected chi connectivity index (χ2v) is 6.00. The summed E-state index contributed by atoms with van der Waals surface area (Å²) in [6.07, 6.45) is 3.88. The van der Waals surface area contributed by atoms with Crippen LogP contribution in [0.3, 0.4) is 0 Å². The molecule has 1 aromatic carbocycles. The van der Waals surface area contributed by atoms with Crippen LogP contribution in [0.5, 0.6) is 5.75 Å². The van der Waals surface area contributed by atoms with Crippen molar-refractivity contribution in [2.45, 2.75) is 0 Å². The zero-order valence-corrected chi connectivity index (χ0v) is 11.7. The van der Waals surface area contributed by atoms with Gasteiger partial charge in [-0.15, -0.1) is 0 Å². The minimum absolute atomic E-state index is 0.108. The topological polar surface area (TPSA) is 86.7 Å². The van der Waals surface area contributed by atoms with Gasteiger partial charge in [0.15, 0.2) is 5.78 Å². The van der Waals surface area contributed by atoms with Crippen molar-refractivity contribution in [2.24, 2.45) is 0 Å². The first-order valence-corrected chi connectivity index (χ1v) is 7.28. The van der Waals surface area contributed by atoms with E-state index in [1.807, 2.05) is 0 Å². The maximum Gasteiger partial charge on any atom is 0.229 e. The lowest BCUT2D eigenvalue weighted by Crippen LogP contribution is -2.09. The van der Waals surface area contributed by atoms with Gasteiger partial charge in [-0.2, -0.15) is 0 Å². The summed E-state index contributed by atoms with van der Waals surface area (Å²) in [5.41, 5.74) is 0.310. The first kappa shape index (κ1) is 15.0. The van der Waals surface area contributed by atoms with Gasteiger partial charge in [0.05, 0.1) is 17.5 Å². The third-order valence-corrected chi connectivity index (χ3v) is 2.70. The van der Waals surface area contributed by atoms with E-state index in [1.54, 1.807) is 25.2 Å². The van der Waals surface area contributed by atoms with Crippen LogP contribution in [-0.2, 0) is 10.0 Å². The highest BCUT2D eigenvalue weighted by Gasteiger charge is 2.10. The Labute approximate surface area is 112 Å². The Morgan fingerprint density at radius 2 is 2.00 bits per heavy atom. The van der Waals surface area contributed by atoms with Crippen LogP contribution in [0, 0.1) is 0 Å². The van der Waals surface area contributed by atoms with E-state index in [1.165, 1.54) is 24.3 Å². The van der Waals surface area contributed by atoms with Crippen LogP contribution in [0.15, 0.2) is 30.5 Å². The Kier molecular flexibility index (Phi) is 4.55. The van der Waals surface area contributed by atoms with Crippen molar-refractivity contribution in [1.82, 2.24) is 4.90 Å². The van der Waals surface area contributed by atoms with Gasteiger partial charge >= 0.3 is 0 Å². The fourth-order valence-corrected chi connectivity index (χ4v) is 1.88. The Morgan fingerprint density at radius 3 is 2.47 bits per heavy atom. The summed E-state index contributed by atoms with van der Waals surface area (Å²) < 4.78 is 24.3. The molecule has 0 unspecified atom stereocenters. The average Bonchev–Trinajstić information content (AvgIpc) is 2.23. The van der Waals surface area contributed by atoms with E-state index >= 15 is 0 Å². The van der Waals surface area contributed by atoms with Crippen molar-refractivity contribution in [2.75, 3.05) is 25.1 Å². The van der Waals surface area contributed by atoms with Gasteiger partial charge < -0.3 is 10.0 Å². The van der Waals surface area contributed by atoms with Crippen molar-refractivity contribution in [3.63, 3.8) is 0 Å². The predicted molar refractivity (Wildman–Crippen MR) is 73.7 cm³/mol. The van der Waals surface area contributed by atoms with E-state index in [-0.39, 0.29) is 22.8 Å². The van der Waals surface area contributed by atoms with E-state index in [0.717, 1.165) is 6.26 Å². The molecule has 1 aromatic rings. The molecule has 0 aromatic heterocycles. The van der Waals surface area contributed by atoms with Crippen molar-refractivity contribution < 1.29 is 18.3 Å². The molecule has 1 rings (SSSR count). The Balaban J connectivity index is 2.98. The third-order valence-electron chi connectivity index (χ3n) is 2.09. The summed E-state index contributed by atoms with van der Waals surface area (Å²) in [6.45, 7) is 0. The van der Waals surface area contributed by atoms with Gasteiger partial charge in [-0.25, -0.2) is 8.42 Å². The van der Waals surface area contributed by atoms with E-state index < -0.39 is 10.0 Å². The smallest absolute Gasteiger partial charge is 0.229 e. The summed E-state index contributed by atoms with van der Waals surface area (Å²) in [4.78, 5) is 13.4. The lowest BCUT2D eigenvalue weighted by molar-refractivity contribution is 0.104. The Morgan fingerprint density at radius 1 is 1.37 bits per heavy atom. The Hall–Kier alpha value is -2.02. The fourth-order valence-electron chi connectivity index (χ4n) is 1.32. The summed E-state index contributed by atoms with van der Waals surface area (Å²) in [7, 11) is 0.118. The number of phenols is 1. The highest BCUT2D eigenvalue weighted by atomic mass is 32.2. The summed E-state index contributed by atoms with van der Waals surface area (Å²) in [5, 5.41) is 9.72. The van der Waals surface area contributed by atoms with Crippen LogP contribution >= 0.6 is 0 Å². The largest absolute Gasteiger partial charge is 0.507 e. The van der Waals surface area contributed by atoms with E-state index in [2.05, 4.69) is 4.72 Å². The molecule has 0 aliphatic rings. The molecular formula is C12H16N2O4S. The van der Waals surface area contributed by atoms with Crippen molar-refractivity contribution in [3.8, 4) is 5.75 Å². The molecule has 6 nitrogen and oxygen atoms in total. The number of allylic oxidation sites excluding steroid dienone is 1. The average molecular weight is 284 g/mol. The summed E-state index contributed by atoms with van der Waals surface area (Å²) in [5.74, 6) is -0.640. The first-order chi connectivity index (χ1) is 8.69. The number of phenolic OH excluding ortho intramolecular Hbond substituents is 1. The second-order valence-electron chi connectivity index (χ2n) is 4.25. The number of aromatic hydroxyl groups is 1. The number of rotatable bonds is 5.